The van der Waals surface area contributed by atoms with Gasteiger partial charge in [-0.25, -0.2) is 4.79 Å². The Kier molecular flexibility index (Phi) is 11.1. The Morgan fingerprint density at radius 3 is 2.13 bits per heavy atom. The molecule has 0 bridgehead atoms. The molecule has 0 spiro atoms. The Labute approximate surface area is 175 Å². The second kappa shape index (κ2) is 13.3. The number of rotatable bonds is 14. The van der Waals surface area contributed by atoms with E-state index in [1.165, 1.54) is 0 Å². The van der Waals surface area contributed by atoms with Crippen molar-refractivity contribution in [2.24, 2.45) is 17.2 Å². The lowest BCUT2D eigenvalue weighted by Crippen LogP contribution is -2.54. The summed E-state index contributed by atoms with van der Waals surface area (Å²) in [4.78, 5) is 47.5. The summed E-state index contributed by atoms with van der Waals surface area (Å²) in [5, 5.41) is 14.5. The van der Waals surface area contributed by atoms with Gasteiger partial charge in [0.05, 0.1) is 6.04 Å². The maximum Gasteiger partial charge on any atom is 0.326 e. The van der Waals surface area contributed by atoms with Crippen LogP contribution in [-0.4, -0.2) is 53.5 Å². The molecule has 0 aliphatic heterocycles. The van der Waals surface area contributed by atoms with Gasteiger partial charge >= 0.3 is 5.97 Å². The number of hydrogen-bond acceptors (Lipinski definition) is 6. The first kappa shape index (κ1) is 25.1. The lowest BCUT2D eigenvalue weighted by molar-refractivity contribution is -0.142. The van der Waals surface area contributed by atoms with Crippen molar-refractivity contribution < 1.29 is 24.3 Å². The van der Waals surface area contributed by atoms with Gasteiger partial charge in [0, 0.05) is 12.8 Å². The van der Waals surface area contributed by atoms with E-state index in [0.717, 1.165) is 5.56 Å². The Hall–Kier alpha value is -2.98. The average Bonchev–Trinajstić information content (AvgIpc) is 2.71. The number of aliphatic carboxylic acids is 1. The summed E-state index contributed by atoms with van der Waals surface area (Å²) in [6, 6.07) is 5.75. The third-order valence-electron chi connectivity index (χ3n) is 4.52. The molecule has 0 saturated carbocycles. The van der Waals surface area contributed by atoms with Gasteiger partial charge in [0.15, 0.2) is 0 Å². The van der Waals surface area contributed by atoms with E-state index in [9.17, 15) is 24.3 Å². The highest BCUT2D eigenvalue weighted by molar-refractivity contribution is 5.92. The molecule has 0 unspecified atom stereocenters. The molecule has 1 aromatic rings. The molecule has 9 N–H and O–H groups in total. The summed E-state index contributed by atoms with van der Waals surface area (Å²) in [6.45, 7) is 0.423. The zero-order valence-corrected chi connectivity index (χ0v) is 16.9. The van der Waals surface area contributed by atoms with Gasteiger partial charge in [0.1, 0.15) is 12.1 Å². The molecule has 1 rings (SSSR count). The minimum absolute atomic E-state index is 0.0457. The maximum absolute atomic E-state index is 12.7. The molecule has 0 aliphatic carbocycles. The van der Waals surface area contributed by atoms with Crippen LogP contribution in [0.1, 0.15) is 37.7 Å². The third-order valence-corrected chi connectivity index (χ3v) is 4.52. The van der Waals surface area contributed by atoms with Crippen molar-refractivity contribution in [1.82, 2.24) is 10.6 Å². The van der Waals surface area contributed by atoms with Crippen LogP contribution in [0.4, 0.5) is 0 Å². The van der Waals surface area contributed by atoms with E-state index in [-0.39, 0.29) is 25.7 Å². The van der Waals surface area contributed by atoms with Crippen LogP contribution < -0.4 is 27.8 Å². The van der Waals surface area contributed by atoms with E-state index in [0.29, 0.717) is 19.4 Å². The van der Waals surface area contributed by atoms with Crippen molar-refractivity contribution in [2.75, 3.05) is 6.54 Å². The van der Waals surface area contributed by atoms with Gasteiger partial charge < -0.3 is 32.9 Å². The van der Waals surface area contributed by atoms with Crippen molar-refractivity contribution in [3.63, 3.8) is 0 Å². The number of carbonyl (C=O) groups excluding carboxylic acids is 3. The zero-order chi connectivity index (χ0) is 22.5. The number of carboxylic acids is 1. The van der Waals surface area contributed by atoms with Crippen LogP contribution in [0.25, 0.3) is 0 Å². The largest absolute Gasteiger partial charge is 0.480 e. The Bertz CT molecular complexity index is 713. The number of primary amides is 1. The van der Waals surface area contributed by atoms with Crippen molar-refractivity contribution in [3.8, 4) is 0 Å². The van der Waals surface area contributed by atoms with Crippen LogP contribution in [0.2, 0.25) is 0 Å². The smallest absolute Gasteiger partial charge is 0.326 e. The summed E-state index contributed by atoms with van der Waals surface area (Å²) in [6.07, 6.45) is 1.56. The fourth-order valence-electron chi connectivity index (χ4n) is 2.79. The van der Waals surface area contributed by atoms with Gasteiger partial charge in [0.25, 0.3) is 0 Å². The monoisotopic (exact) mass is 421 g/mol. The predicted molar refractivity (Wildman–Crippen MR) is 111 cm³/mol. The Morgan fingerprint density at radius 2 is 1.57 bits per heavy atom. The molecule has 0 aliphatic rings. The number of unbranched alkanes of at least 4 members (excludes halogenated alkanes) is 1. The van der Waals surface area contributed by atoms with Gasteiger partial charge in [-0.15, -0.1) is 0 Å². The Morgan fingerprint density at radius 1 is 0.933 bits per heavy atom. The molecular formula is C20H31N5O5. The van der Waals surface area contributed by atoms with E-state index < -0.39 is 41.8 Å². The molecule has 10 nitrogen and oxygen atoms in total. The van der Waals surface area contributed by atoms with Crippen LogP contribution in [-0.2, 0) is 25.6 Å². The van der Waals surface area contributed by atoms with Crippen LogP contribution in [0.3, 0.4) is 0 Å². The second-order valence-electron chi connectivity index (χ2n) is 7.05. The first-order valence-corrected chi connectivity index (χ1v) is 9.86. The predicted octanol–water partition coefficient (Wildman–Crippen LogP) is -0.995. The molecule has 3 atom stereocenters. The fraction of sp³-hybridized carbons (Fsp3) is 0.500. The first-order valence-electron chi connectivity index (χ1n) is 9.86. The number of hydrogen-bond donors (Lipinski definition) is 6. The second-order valence-corrected chi connectivity index (χ2v) is 7.05. The SMILES string of the molecule is NCCCC[C@H](NC(=O)[C@@H](N)CCC(N)=O)C(=O)N[C@@H](Cc1ccccc1)C(=O)O. The number of nitrogens with two attached hydrogens (primary N) is 3. The quantitative estimate of drug-likeness (QED) is 0.208. The van der Waals surface area contributed by atoms with E-state index in [1.807, 2.05) is 6.07 Å². The van der Waals surface area contributed by atoms with Gasteiger partial charge in [-0.05, 0) is 37.8 Å². The number of carbonyl (C=O) groups is 4. The molecule has 0 saturated heterocycles. The molecule has 166 valence electrons. The first-order chi connectivity index (χ1) is 14.2. The lowest BCUT2D eigenvalue weighted by Gasteiger charge is -2.23. The van der Waals surface area contributed by atoms with Crippen molar-refractivity contribution in [2.45, 2.75) is 56.7 Å². The highest BCUT2D eigenvalue weighted by Crippen LogP contribution is 2.07. The topological polar surface area (TPSA) is 191 Å². The summed E-state index contributed by atoms with van der Waals surface area (Å²) in [5.74, 6) is -3.00. The number of carboxylic acid groups (broad SMARTS) is 1. The molecule has 0 fully saturated rings. The summed E-state index contributed by atoms with van der Waals surface area (Å²) in [5.41, 5.74) is 17.1. The molecule has 0 radical (unpaired) electrons. The zero-order valence-electron chi connectivity index (χ0n) is 16.9. The van der Waals surface area contributed by atoms with Crippen LogP contribution in [0.15, 0.2) is 30.3 Å². The van der Waals surface area contributed by atoms with Crippen LogP contribution >= 0.6 is 0 Å². The summed E-state index contributed by atoms with van der Waals surface area (Å²) in [7, 11) is 0. The maximum atomic E-state index is 12.7. The number of nitrogens with one attached hydrogen (secondary N) is 2. The van der Waals surface area contributed by atoms with Gasteiger partial charge in [-0.2, -0.15) is 0 Å². The molecule has 10 heteroatoms. The van der Waals surface area contributed by atoms with Crippen molar-refractivity contribution in [1.29, 1.82) is 0 Å². The van der Waals surface area contributed by atoms with Crippen molar-refractivity contribution in [3.05, 3.63) is 35.9 Å². The molecule has 3 amide bonds. The lowest BCUT2D eigenvalue weighted by atomic mass is 10.0. The highest BCUT2D eigenvalue weighted by atomic mass is 16.4. The average molecular weight is 421 g/mol. The highest BCUT2D eigenvalue weighted by Gasteiger charge is 2.28. The molecule has 30 heavy (non-hydrogen) atoms. The molecule has 1 aromatic carbocycles. The fourth-order valence-corrected chi connectivity index (χ4v) is 2.79. The third kappa shape index (κ3) is 9.48. The van der Waals surface area contributed by atoms with Gasteiger partial charge in [-0.1, -0.05) is 30.3 Å². The number of benzene rings is 1. The minimum Gasteiger partial charge on any atom is -0.480 e. The standard InChI is InChI=1S/C20H31N5O5/c21-11-5-4-8-15(24-18(27)14(22)9-10-17(23)26)19(28)25-16(20(29)30)12-13-6-2-1-3-7-13/h1-3,6-7,14-16H,4-5,8-12,21-22H2,(H2,23,26)(H,24,27)(H,25,28)(H,29,30)/t14-,15-,16-/m0/s1. The number of amides is 3. The van der Waals surface area contributed by atoms with Gasteiger partial charge in [-0.3, -0.25) is 14.4 Å². The Balaban J connectivity index is 2.80. The normalized spacial score (nSPS) is 13.7. The van der Waals surface area contributed by atoms with Crippen LogP contribution in [0, 0.1) is 0 Å². The summed E-state index contributed by atoms with van der Waals surface area (Å²) < 4.78 is 0. The van der Waals surface area contributed by atoms with E-state index in [1.54, 1.807) is 24.3 Å². The van der Waals surface area contributed by atoms with Crippen molar-refractivity contribution >= 4 is 23.7 Å². The van der Waals surface area contributed by atoms with E-state index >= 15 is 0 Å². The molecular weight excluding hydrogens is 390 g/mol. The molecule has 0 heterocycles. The molecule has 0 aromatic heterocycles. The van der Waals surface area contributed by atoms with E-state index in [4.69, 9.17) is 17.2 Å². The van der Waals surface area contributed by atoms with E-state index in [2.05, 4.69) is 10.6 Å². The summed E-state index contributed by atoms with van der Waals surface area (Å²) >= 11 is 0. The minimum atomic E-state index is -1.18. The van der Waals surface area contributed by atoms with Gasteiger partial charge in [0.2, 0.25) is 17.7 Å². The van der Waals surface area contributed by atoms with Crippen LogP contribution in [0.5, 0.6) is 0 Å².